The molecule has 1 aliphatic rings. The lowest BCUT2D eigenvalue weighted by atomic mass is 10.0. The third-order valence-electron chi connectivity index (χ3n) is 3.54. The van der Waals surface area contributed by atoms with Crippen molar-refractivity contribution in [3.8, 4) is 11.4 Å². The minimum absolute atomic E-state index is 0.191. The standard InChI is InChI=1S/C14H15N3O2/c18-12(10-3-1-2-4-10)9-13-16-14(17-19-13)11-5-7-15-8-6-11/h5-8,10H,1-4,9H2. The summed E-state index contributed by atoms with van der Waals surface area (Å²) >= 11 is 0. The zero-order valence-corrected chi connectivity index (χ0v) is 10.6. The Bertz CT molecular complexity index is 559. The predicted octanol–water partition coefficient (Wildman–Crippen LogP) is 2.43. The molecule has 0 radical (unpaired) electrons. The normalized spacial score (nSPS) is 15.8. The van der Waals surface area contributed by atoms with Gasteiger partial charge in [-0.2, -0.15) is 4.98 Å². The van der Waals surface area contributed by atoms with Crippen LogP contribution in [0.2, 0.25) is 0 Å². The van der Waals surface area contributed by atoms with Gasteiger partial charge in [-0.15, -0.1) is 0 Å². The summed E-state index contributed by atoms with van der Waals surface area (Å²) in [4.78, 5) is 20.2. The van der Waals surface area contributed by atoms with Gasteiger partial charge >= 0.3 is 0 Å². The van der Waals surface area contributed by atoms with Gasteiger partial charge in [0.25, 0.3) is 0 Å². The number of hydrogen-bond acceptors (Lipinski definition) is 5. The zero-order chi connectivity index (χ0) is 13.1. The average Bonchev–Trinajstić information content (AvgIpc) is 3.11. The van der Waals surface area contributed by atoms with Crippen molar-refractivity contribution < 1.29 is 9.32 Å². The molecule has 2 heterocycles. The molecule has 0 amide bonds. The molecule has 0 N–H and O–H groups in total. The van der Waals surface area contributed by atoms with Gasteiger partial charge in [0.2, 0.25) is 11.7 Å². The van der Waals surface area contributed by atoms with E-state index in [4.69, 9.17) is 4.52 Å². The minimum atomic E-state index is 0.191. The third kappa shape index (κ3) is 2.70. The van der Waals surface area contributed by atoms with E-state index in [1.54, 1.807) is 12.4 Å². The molecule has 1 aliphatic carbocycles. The van der Waals surface area contributed by atoms with Crippen LogP contribution >= 0.6 is 0 Å². The van der Waals surface area contributed by atoms with Crippen LogP contribution in [0.1, 0.15) is 31.6 Å². The van der Waals surface area contributed by atoms with Gasteiger partial charge < -0.3 is 4.52 Å². The van der Waals surface area contributed by atoms with E-state index in [0.29, 0.717) is 11.7 Å². The number of aromatic nitrogens is 3. The molecule has 5 heteroatoms. The van der Waals surface area contributed by atoms with Gasteiger partial charge in [0, 0.05) is 23.9 Å². The second kappa shape index (κ2) is 5.30. The summed E-state index contributed by atoms with van der Waals surface area (Å²) in [6.45, 7) is 0. The number of ketones is 1. The summed E-state index contributed by atoms with van der Waals surface area (Å²) in [5.74, 6) is 1.33. The quantitative estimate of drug-likeness (QED) is 0.841. The second-order valence-corrected chi connectivity index (χ2v) is 4.87. The predicted molar refractivity (Wildman–Crippen MR) is 68.2 cm³/mol. The molecule has 2 aromatic rings. The maximum Gasteiger partial charge on any atom is 0.234 e. The third-order valence-corrected chi connectivity index (χ3v) is 3.54. The van der Waals surface area contributed by atoms with Crippen LogP contribution in [0.4, 0.5) is 0 Å². The lowest BCUT2D eigenvalue weighted by Crippen LogP contribution is -2.13. The number of carbonyl (C=O) groups is 1. The molecular weight excluding hydrogens is 242 g/mol. The van der Waals surface area contributed by atoms with Gasteiger partial charge in [0.1, 0.15) is 5.78 Å². The molecule has 5 nitrogen and oxygen atoms in total. The van der Waals surface area contributed by atoms with E-state index in [1.807, 2.05) is 12.1 Å². The first-order chi connectivity index (χ1) is 9.33. The van der Waals surface area contributed by atoms with Gasteiger partial charge in [-0.3, -0.25) is 9.78 Å². The van der Waals surface area contributed by atoms with Gasteiger partial charge in [0.15, 0.2) is 0 Å². The smallest absolute Gasteiger partial charge is 0.234 e. The van der Waals surface area contributed by atoms with E-state index in [1.165, 1.54) is 0 Å². The van der Waals surface area contributed by atoms with Crippen molar-refractivity contribution in [2.24, 2.45) is 5.92 Å². The first kappa shape index (κ1) is 12.0. The van der Waals surface area contributed by atoms with Crippen LogP contribution in [0.25, 0.3) is 11.4 Å². The molecule has 0 bridgehead atoms. The molecule has 0 saturated heterocycles. The van der Waals surface area contributed by atoms with Crippen molar-refractivity contribution in [1.29, 1.82) is 0 Å². The van der Waals surface area contributed by atoms with Gasteiger partial charge in [-0.25, -0.2) is 0 Å². The van der Waals surface area contributed by atoms with Crippen LogP contribution in [0.15, 0.2) is 29.0 Å². The van der Waals surface area contributed by atoms with Gasteiger partial charge in [-0.05, 0) is 25.0 Å². The summed E-state index contributed by atoms with van der Waals surface area (Å²) in [6.07, 6.45) is 7.92. The molecule has 19 heavy (non-hydrogen) atoms. The molecule has 1 fully saturated rings. The minimum Gasteiger partial charge on any atom is -0.339 e. The maximum absolute atomic E-state index is 12.0. The Morgan fingerprint density at radius 2 is 2.00 bits per heavy atom. The Morgan fingerprint density at radius 1 is 1.26 bits per heavy atom. The van der Waals surface area contributed by atoms with E-state index >= 15 is 0 Å². The number of Topliss-reactive ketones (excluding diaryl/α,β-unsaturated/α-hetero) is 1. The highest BCUT2D eigenvalue weighted by molar-refractivity contribution is 5.82. The van der Waals surface area contributed by atoms with E-state index in [-0.39, 0.29) is 18.1 Å². The molecule has 0 unspecified atom stereocenters. The van der Waals surface area contributed by atoms with Crippen molar-refractivity contribution in [1.82, 2.24) is 15.1 Å². The average molecular weight is 257 g/mol. The van der Waals surface area contributed by atoms with E-state index < -0.39 is 0 Å². The highest BCUT2D eigenvalue weighted by atomic mass is 16.5. The Morgan fingerprint density at radius 3 is 2.74 bits per heavy atom. The lowest BCUT2D eigenvalue weighted by Gasteiger charge is -2.04. The zero-order valence-electron chi connectivity index (χ0n) is 10.6. The molecule has 0 spiro atoms. The summed E-state index contributed by atoms with van der Waals surface area (Å²) in [7, 11) is 0. The van der Waals surface area contributed by atoms with Crippen LogP contribution in [0.3, 0.4) is 0 Å². The number of pyridine rings is 1. The lowest BCUT2D eigenvalue weighted by molar-refractivity contribution is -0.122. The first-order valence-electron chi connectivity index (χ1n) is 6.58. The molecule has 2 aromatic heterocycles. The van der Waals surface area contributed by atoms with E-state index in [0.717, 1.165) is 31.2 Å². The van der Waals surface area contributed by atoms with E-state index in [2.05, 4.69) is 15.1 Å². The molecule has 0 aliphatic heterocycles. The van der Waals surface area contributed by atoms with Crippen molar-refractivity contribution in [3.05, 3.63) is 30.4 Å². The molecule has 3 rings (SSSR count). The van der Waals surface area contributed by atoms with Crippen LogP contribution in [-0.2, 0) is 11.2 Å². The maximum atomic E-state index is 12.0. The molecule has 98 valence electrons. The summed E-state index contributed by atoms with van der Waals surface area (Å²) in [6, 6.07) is 3.63. The fourth-order valence-electron chi connectivity index (χ4n) is 2.49. The number of carbonyl (C=O) groups excluding carboxylic acids is 1. The van der Waals surface area contributed by atoms with Crippen molar-refractivity contribution in [3.63, 3.8) is 0 Å². The molecule has 0 atom stereocenters. The summed E-state index contributed by atoms with van der Waals surface area (Å²) in [5.41, 5.74) is 0.846. The molecular formula is C14H15N3O2. The van der Waals surface area contributed by atoms with Crippen LogP contribution in [0.5, 0.6) is 0 Å². The highest BCUT2D eigenvalue weighted by Gasteiger charge is 2.24. The topological polar surface area (TPSA) is 68.9 Å². The first-order valence-corrected chi connectivity index (χ1v) is 6.58. The Labute approximate surface area is 111 Å². The summed E-state index contributed by atoms with van der Waals surface area (Å²) < 4.78 is 5.15. The number of nitrogens with zero attached hydrogens (tertiary/aromatic N) is 3. The summed E-state index contributed by atoms with van der Waals surface area (Å²) in [5, 5.41) is 3.90. The van der Waals surface area contributed by atoms with Crippen molar-refractivity contribution in [2.75, 3.05) is 0 Å². The second-order valence-electron chi connectivity index (χ2n) is 4.87. The molecule has 0 aromatic carbocycles. The number of rotatable bonds is 4. The Hall–Kier alpha value is -2.04. The largest absolute Gasteiger partial charge is 0.339 e. The fourth-order valence-corrected chi connectivity index (χ4v) is 2.49. The van der Waals surface area contributed by atoms with Crippen molar-refractivity contribution in [2.45, 2.75) is 32.1 Å². The van der Waals surface area contributed by atoms with Crippen LogP contribution in [0, 0.1) is 5.92 Å². The number of hydrogen-bond donors (Lipinski definition) is 0. The van der Waals surface area contributed by atoms with E-state index in [9.17, 15) is 4.79 Å². The van der Waals surface area contributed by atoms with Gasteiger partial charge in [-0.1, -0.05) is 18.0 Å². The van der Waals surface area contributed by atoms with Gasteiger partial charge in [0.05, 0.1) is 6.42 Å². The SMILES string of the molecule is O=C(Cc1nc(-c2ccncc2)no1)C1CCCC1. The van der Waals surface area contributed by atoms with Crippen LogP contribution < -0.4 is 0 Å². The van der Waals surface area contributed by atoms with Crippen LogP contribution in [-0.4, -0.2) is 20.9 Å². The fraction of sp³-hybridized carbons (Fsp3) is 0.429. The highest BCUT2D eigenvalue weighted by Crippen LogP contribution is 2.26. The monoisotopic (exact) mass is 257 g/mol. The Balaban J connectivity index is 1.70. The molecule has 1 saturated carbocycles. The Kier molecular flexibility index (Phi) is 3.35. The van der Waals surface area contributed by atoms with Crippen molar-refractivity contribution >= 4 is 5.78 Å².